The fourth-order valence-electron chi connectivity index (χ4n) is 4.27. The highest BCUT2D eigenvalue weighted by Crippen LogP contribution is 2.32. The van der Waals surface area contributed by atoms with Crippen LogP contribution in [0.1, 0.15) is 33.1 Å². The van der Waals surface area contributed by atoms with Gasteiger partial charge in [0.15, 0.2) is 0 Å². The molecular weight excluding hydrogens is 407 g/mol. The van der Waals surface area contributed by atoms with Gasteiger partial charge in [-0.3, -0.25) is 9.69 Å². The number of carbonyl (C=O) groups excluding carboxylic acids is 1. The first-order chi connectivity index (χ1) is 14.8. The van der Waals surface area contributed by atoms with E-state index in [0.29, 0.717) is 19.8 Å². The number of amides is 1. The van der Waals surface area contributed by atoms with E-state index in [0.717, 1.165) is 43.8 Å². The van der Waals surface area contributed by atoms with E-state index >= 15 is 0 Å². The molecule has 1 N–H and O–H groups in total. The third kappa shape index (κ3) is 4.85. The zero-order valence-corrected chi connectivity index (χ0v) is 17.4. The van der Waals surface area contributed by atoms with E-state index in [1.54, 1.807) is 0 Å². The van der Waals surface area contributed by atoms with Gasteiger partial charge in [0.05, 0.1) is 24.8 Å². The molecule has 31 heavy (non-hydrogen) atoms. The molecule has 1 amide bonds. The van der Waals surface area contributed by atoms with Gasteiger partial charge in [-0.1, -0.05) is 18.2 Å². The van der Waals surface area contributed by atoms with Gasteiger partial charge in [0.25, 0.3) is 5.91 Å². The van der Waals surface area contributed by atoms with Crippen LogP contribution in [0, 0.1) is 0 Å². The average Bonchev–Trinajstić information content (AvgIpc) is 3.14. The molecule has 2 aliphatic heterocycles. The number of nitrogens with zero attached hydrogens (tertiary/aromatic N) is 2. The lowest BCUT2D eigenvalue weighted by molar-refractivity contribution is -0.137. The molecule has 1 fully saturated rings. The molecule has 0 saturated carbocycles. The Morgan fingerprint density at radius 1 is 1.13 bits per heavy atom. The minimum Gasteiger partial charge on any atom is -0.379 e. The van der Waals surface area contributed by atoms with E-state index in [-0.39, 0.29) is 11.6 Å². The van der Waals surface area contributed by atoms with Crippen molar-refractivity contribution in [3.63, 3.8) is 0 Å². The lowest BCUT2D eigenvalue weighted by Gasteiger charge is -2.35. The third-order valence-electron chi connectivity index (χ3n) is 6.01. The molecule has 5 nitrogen and oxygen atoms in total. The third-order valence-corrected chi connectivity index (χ3v) is 6.01. The van der Waals surface area contributed by atoms with Gasteiger partial charge < -0.3 is 15.0 Å². The minimum absolute atomic E-state index is 0.00568. The number of benzene rings is 2. The molecule has 4 rings (SSSR count). The van der Waals surface area contributed by atoms with E-state index in [2.05, 4.69) is 40.4 Å². The summed E-state index contributed by atoms with van der Waals surface area (Å²) in [6, 6.07) is 10.8. The summed E-state index contributed by atoms with van der Waals surface area (Å²) in [6.07, 6.45) is -3.50. The second-order valence-electron chi connectivity index (χ2n) is 8.01. The molecule has 0 spiro atoms. The fraction of sp³-hybridized carbons (Fsp3) is 0.435. The van der Waals surface area contributed by atoms with Gasteiger partial charge in [-0.2, -0.15) is 13.2 Å². The molecule has 0 aliphatic carbocycles. The number of ether oxygens (including phenoxy) is 1. The van der Waals surface area contributed by atoms with Crippen LogP contribution in [0.4, 0.5) is 18.9 Å². The molecule has 1 atom stereocenters. The first-order valence-corrected chi connectivity index (χ1v) is 10.4. The predicted molar refractivity (Wildman–Crippen MR) is 112 cm³/mol. The quantitative estimate of drug-likeness (QED) is 0.784. The van der Waals surface area contributed by atoms with Crippen molar-refractivity contribution in [3.05, 3.63) is 64.7 Å². The van der Waals surface area contributed by atoms with Crippen molar-refractivity contribution in [2.45, 2.75) is 18.6 Å². The van der Waals surface area contributed by atoms with Crippen LogP contribution in [0.2, 0.25) is 0 Å². The lowest BCUT2D eigenvalue weighted by Crippen LogP contribution is -2.43. The monoisotopic (exact) mass is 433 g/mol. The van der Waals surface area contributed by atoms with E-state index < -0.39 is 17.6 Å². The van der Waals surface area contributed by atoms with Crippen molar-refractivity contribution in [1.29, 1.82) is 0 Å². The summed E-state index contributed by atoms with van der Waals surface area (Å²) in [7, 11) is 2.07. The Bertz CT molecular complexity index is 942. The Morgan fingerprint density at radius 2 is 1.90 bits per heavy atom. The zero-order chi connectivity index (χ0) is 22.0. The lowest BCUT2D eigenvalue weighted by atomic mass is 10.00. The molecule has 0 radical (unpaired) electrons. The standard InChI is InChI=1S/C23H26F3N3O2/c1-28-8-7-17-13-16(5-6-20(17)28)21(29-9-11-31-12-10-29)15-27-22(30)18-3-2-4-19(14-18)23(24,25)26/h2-6,13-14,21H,7-12,15H2,1H3,(H,27,30). The number of halogens is 3. The molecule has 8 heteroatoms. The number of alkyl halides is 3. The van der Waals surface area contributed by atoms with Crippen LogP contribution in [-0.4, -0.2) is 57.2 Å². The number of fused-ring (bicyclic) bond motifs is 1. The molecule has 1 unspecified atom stereocenters. The van der Waals surface area contributed by atoms with Gasteiger partial charge in [-0.15, -0.1) is 0 Å². The number of likely N-dealkylation sites (N-methyl/N-ethyl adjacent to an activating group) is 1. The highest BCUT2D eigenvalue weighted by Gasteiger charge is 2.31. The first kappa shape index (κ1) is 21.6. The van der Waals surface area contributed by atoms with Crippen LogP contribution >= 0.6 is 0 Å². The van der Waals surface area contributed by atoms with E-state index in [9.17, 15) is 18.0 Å². The maximum absolute atomic E-state index is 13.0. The Kier molecular flexibility index (Phi) is 6.20. The van der Waals surface area contributed by atoms with Crippen molar-refractivity contribution in [2.75, 3.05) is 51.3 Å². The van der Waals surface area contributed by atoms with Gasteiger partial charge in [0, 0.05) is 44.5 Å². The Morgan fingerprint density at radius 3 is 2.65 bits per heavy atom. The van der Waals surface area contributed by atoms with Crippen molar-refractivity contribution >= 4 is 11.6 Å². The topological polar surface area (TPSA) is 44.8 Å². The highest BCUT2D eigenvalue weighted by molar-refractivity contribution is 5.94. The Balaban J connectivity index is 1.53. The van der Waals surface area contributed by atoms with E-state index in [4.69, 9.17) is 4.74 Å². The van der Waals surface area contributed by atoms with Gasteiger partial charge in [0.2, 0.25) is 0 Å². The summed E-state index contributed by atoms with van der Waals surface area (Å²) in [5.41, 5.74) is 2.78. The average molecular weight is 433 g/mol. The van der Waals surface area contributed by atoms with Crippen molar-refractivity contribution in [2.24, 2.45) is 0 Å². The normalized spacial score (nSPS) is 18.0. The molecule has 1 saturated heterocycles. The Labute approximate surface area is 179 Å². The van der Waals surface area contributed by atoms with Gasteiger partial charge >= 0.3 is 6.18 Å². The molecule has 2 aromatic rings. The van der Waals surface area contributed by atoms with Gasteiger partial charge in [0.1, 0.15) is 0 Å². The summed E-state index contributed by atoms with van der Waals surface area (Å²) in [6.45, 7) is 4.00. The summed E-state index contributed by atoms with van der Waals surface area (Å²) >= 11 is 0. The van der Waals surface area contributed by atoms with Crippen LogP contribution < -0.4 is 10.2 Å². The van der Waals surface area contributed by atoms with Crippen LogP contribution in [0.5, 0.6) is 0 Å². The number of nitrogens with one attached hydrogen (secondary N) is 1. The van der Waals surface area contributed by atoms with E-state index in [1.807, 2.05) is 0 Å². The van der Waals surface area contributed by atoms with Crippen LogP contribution in [0.3, 0.4) is 0 Å². The number of morpholine rings is 1. The predicted octanol–water partition coefficient (Wildman–Crippen LogP) is 3.50. The SMILES string of the molecule is CN1CCc2cc(C(CNC(=O)c3cccc(C(F)(F)F)c3)N3CCOCC3)ccc21. The van der Waals surface area contributed by atoms with Crippen molar-refractivity contribution in [3.8, 4) is 0 Å². The second kappa shape index (κ2) is 8.88. The summed E-state index contributed by atoms with van der Waals surface area (Å²) in [4.78, 5) is 17.1. The second-order valence-corrected chi connectivity index (χ2v) is 8.01. The zero-order valence-electron chi connectivity index (χ0n) is 17.4. The number of carbonyl (C=O) groups is 1. The largest absolute Gasteiger partial charge is 0.416 e. The summed E-state index contributed by atoms with van der Waals surface area (Å²) in [5, 5.41) is 2.85. The van der Waals surface area contributed by atoms with Crippen LogP contribution in [0.15, 0.2) is 42.5 Å². The molecule has 2 heterocycles. The Hall–Kier alpha value is -2.58. The molecular formula is C23H26F3N3O2. The van der Waals surface area contributed by atoms with Crippen molar-refractivity contribution in [1.82, 2.24) is 10.2 Å². The fourth-order valence-corrected chi connectivity index (χ4v) is 4.27. The van der Waals surface area contributed by atoms with E-state index in [1.165, 1.54) is 23.4 Å². The van der Waals surface area contributed by atoms with Gasteiger partial charge in [-0.25, -0.2) is 0 Å². The molecule has 2 aromatic carbocycles. The van der Waals surface area contributed by atoms with Crippen molar-refractivity contribution < 1.29 is 22.7 Å². The summed E-state index contributed by atoms with van der Waals surface area (Å²) < 4.78 is 44.4. The van der Waals surface area contributed by atoms with Crippen LogP contribution in [0.25, 0.3) is 0 Å². The molecule has 0 aromatic heterocycles. The molecule has 0 bridgehead atoms. The molecule has 2 aliphatic rings. The maximum Gasteiger partial charge on any atom is 0.416 e. The van der Waals surface area contributed by atoms with Crippen LogP contribution in [-0.2, 0) is 17.3 Å². The smallest absolute Gasteiger partial charge is 0.379 e. The number of hydrogen-bond donors (Lipinski definition) is 1. The highest BCUT2D eigenvalue weighted by atomic mass is 19.4. The minimum atomic E-state index is -4.48. The van der Waals surface area contributed by atoms with Gasteiger partial charge in [-0.05, 0) is 41.8 Å². The number of hydrogen-bond acceptors (Lipinski definition) is 4. The molecule has 166 valence electrons. The maximum atomic E-state index is 13.0. The first-order valence-electron chi connectivity index (χ1n) is 10.4. The summed E-state index contributed by atoms with van der Waals surface area (Å²) in [5.74, 6) is -0.509. The number of anilines is 1. The number of rotatable bonds is 5.